The van der Waals surface area contributed by atoms with E-state index in [1.165, 1.54) is 0 Å². The first-order valence-corrected chi connectivity index (χ1v) is 7.34. The zero-order chi connectivity index (χ0) is 15.1. The minimum Gasteiger partial charge on any atom is -0.492 e. The Morgan fingerprint density at radius 2 is 2.33 bits per heavy atom. The van der Waals surface area contributed by atoms with Gasteiger partial charge in [0.1, 0.15) is 11.8 Å². The van der Waals surface area contributed by atoms with Crippen molar-refractivity contribution in [1.29, 1.82) is 5.26 Å². The van der Waals surface area contributed by atoms with Crippen LogP contribution in [0.3, 0.4) is 0 Å². The van der Waals surface area contributed by atoms with Crippen molar-refractivity contribution >= 4 is 5.91 Å². The molecular weight excluding hydrogens is 266 g/mol. The molecule has 2 rings (SSSR count). The summed E-state index contributed by atoms with van der Waals surface area (Å²) in [5, 5.41) is 11.7. The number of nitriles is 1. The number of hydrogen-bond donors (Lipinski definition) is 1. The van der Waals surface area contributed by atoms with Crippen molar-refractivity contribution in [1.82, 2.24) is 10.2 Å². The molecule has 0 radical (unpaired) electrons. The molecule has 5 heteroatoms. The zero-order valence-corrected chi connectivity index (χ0v) is 12.3. The lowest BCUT2D eigenvalue weighted by molar-refractivity contribution is -0.125. The van der Waals surface area contributed by atoms with Crippen LogP contribution in [0.5, 0.6) is 5.75 Å². The standard InChI is InChI=1S/C16H21N3O2/c1-18-16(20)14-7-4-9-19(14)10-5-11-21-15-8-3-2-6-13(15)12-17/h2-3,6,8,14H,4-5,7,9-11H2,1H3,(H,18,20). The van der Waals surface area contributed by atoms with Crippen LogP contribution in [0, 0.1) is 11.3 Å². The predicted octanol–water partition coefficient (Wildman–Crippen LogP) is 1.54. The molecule has 1 atom stereocenters. The average Bonchev–Trinajstić information content (AvgIpc) is 2.99. The van der Waals surface area contributed by atoms with E-state index >= 15 is 0 Å². The van der Waals surface area contributed by atoms with E-state index in [1.807, 2.05) is 18.2 Å². The van der Waals surface area contributed by atoms with Crippen LogP contribution in [-0.2, 0) is 4.79 Å². The Morgan fingerprint density at radius 1 is 1.52 bits per heavy atom. The van der Waals surface area contributed by atoms with Crippen molar-refractivity contribution in [2.24, 2.45) is 0 Å². The highest BCUT2D eigenvalue weighted by Crippen LogP contribution is 2.19. The molecule has 1 aliphatic rings. The van der Waals surface area contributed by atoms with E-state index in [0.29, 0.717) is 17.9 Å². The Balaban J connectivity index is 1.77. The topological polar surface area (TPSA) is 65.4 Å². The highest BCUT2D eigenvalue weighted by atomic mass is 16.5. The van der Waals surface area contributed by atoms with Crippen molar-refractivity contribution in [3.8, 4) is 11.8 Å². The van der Waals surface area contributed by atoms with E-state index in [2.05, 4.69) is 16.3 Å². The fraction of sp³-hybridized carbons (Fsp3) is 0.500. The Hall–Kier alpha value is -2.06. The lowest BCUT2D eigenvalue weighted by Gasteiger charge is -2.22. The molecule has 0 bridgehead atoms. The van der Waals surface area contributed by atoms with Crippen LogP contribution >= 0.6 is 0 Å². The maximum atomic E-state index is 11.7. The quantitative estimate of drug-likeness (QED) is 0.806. The average molecular weight is 287 g/mol. The fourth-order valence-corrected chi connectivity index (χ4v) is 2.69. The first-order valence-electron chi connectivity index (χ1n) is 7.34. The second-order valence-corrected chi connectivity index (χ2v) is 5.12. The maximum Gasteiger partial charge on any atom is 0.237 e. The van der Waals surface area contributed by atoms with Gasteiger partial charge in [-0.2, -0.15) is 5.26 Å². The summed E-state index contributed by atoms with van der Waals surface area (Å²) >= 11 is 0. The molecule has 0 saturated carbocycles. The summed E-state index contributed by atoms with van der Waals surface area (Å²) in [6, 6.07) is 9.36. The van der Waals surface area contributed by atoms with Gasteiger partial charge in [-0.3, -0.25) is 9.69 Å². The number of likely N-dealkylation sites (tertiary alicyclic amines) is 1. The van der Waals surface area contributed by atoms with Gasteiger partial charge in [-0.15, -0.1) is 0 Å². The van der Waals surface area contributed by atoms with Crippen LogP contribution in [0.1, 0.15) is 24.8 Å². The van der Waals surface area contributed by atoms with Gasteiger partial charge in [0.05, 0.1) is 18.2 Å². The number of carbonyl (C=O) groups is 1. The number of para-hydroxylation sites is 1. The number of nitrogens with one attached hydrogen (secondary N) is 1. The fourth-order valence-electron chi connectivity index (χ4n) is 2.69. The van der Waals surface area contributed by atoms with Gasteiger partial charge in [0.2, 0.25) is 5.91 Å². The lowest BCUT2D eigenvalue weighted by atomic mass is 10.2. The van der Waals surface area contributed by atoms with Crippen molar-refractivity contribution in [2.45, 2.75) is 25.3 Å². The van der Waals surface area contributed by atoms with Crippen LogP contribution in [0.2, 0.25) is 0 Å². The van der Waals surface area contributed by atoms with Crippen molar-refractivity contribution in [3.05, 3.63) is 29.8 Å². The molecular formula is C16H21N3O2. The second kappa shape index (κ2) is 7.65. The van der Waals surface area contributed by atoms with Crippen LogP contribution in [-0.4, -0.2) is 43.6 Å². The molecule has 1 aromatic rings. The minimum absolute atomic E-state index is 0.00129. The number of hydrogen-bond acceptors (Lipinski definition) is 4. The monoisotopic (exact) mass is 287 g/mol. The number of carbonyl (C=O) groups excluding carboxylic acids is 1. The summed E-state index contributed by atoms with van der Waals surface area (Å²) in [5.74, 6) is 0.729. The maximum absolute atomic E-state index is 11.7. The summed E-state index contributed by atoms with van der Waals surface area (Å²) in [5.41, 5.74) is 0.557. The molecule has 1 saturated heterocycles. The highest BCUT2D eigenvalue weighted by Gasteiger charge is 2.29. The first-order chi connectivity index (χ1) is 10.3. The molecule has 0 aromatic heterocycles. The molecule has 1 fully saturated rings. The van der Waals surface area contributed by atoms with Gasteiger partial charge in [0, 0.05) is 13.6 Å². The molecule has 1 amide bonds. The smallest absolute Gasteiger partial charge is 0.237 e. The van der Waals surface area contributed by atoms with Gasteiger partial charge in [-0.25, -0.2) is 0 Å². The molecule has 1 aliphatic heterocycles. The highest BCUT2D eigenvalue weighted by molar-refractivity contribution is 5.81. The SMILES string of the molecule is CNC(=O)C1CCCN1CCCOc1ccccc1C#N. The van der Waals surface area contributed by atoms with E-state index in [9.17, 15) is 4.79 Å². The van der Waals surface area contributed by atoms with Crippen LogP contribution in [0.15, 0.2) is 24.3 Å². The molecule has 0 aliphatic carbocycles. The van der Waals surface area contributed by atoms with E-state index in [4.69, 9.17) is 10.00 Å². The summed E-state index contributed by atoms with van der Waals surface area (Å²) in [6.07, 6.45) is 2.83. The van der Waals surface area contributed by atoms with Gasteiger partial charge in [0.25, 0.3) is 0 Å². The van der Waals surface area contributed by atoms with Gasteiger partial charge >= 0.3 is 0 Å². The second-order valence-electron chi connectivity index (χ2n) is 5.12. The zero-order valence-electron chi connectivity index (χ0n) is 12.3. The number of amides is 1. The minimum atomic E-state index is 0.00129. The molecule has 112 valence electrons. The molecule has 1 aromatic carbocycles. The van der Waals surface area contributed by atoms with Crippen LogP contribution in [0.4, 0.5) is 0 Å². The predicted molar refractivity (Wildman–Crippen MR) is 79.9 cm³/mol. The summed E-state index contributed by atoms with van der Waals surface area (Å²) < 4.78 is 5.66. The lowest BCUT2D eigenvalue weighted by Crippen LogP contribution is -2.42. The van der Waals surface area contributed by atoms with Gasteiger partial charge in [-0.05, 0) is 37.9 Å². The number of likely N-dealkylation sites (N-methyl/N-ethyl adjacent to an activating group) is 1. The van der Waals surface area contributed by atoms with Gasteiger partial charge in [-0.1, -0.05) is 12.1 Å². The third kappa shape index (κ3) is 3.96. The van der Waals surface area contributed by atoms with Crippen LogP contribution < -0.4 is 10.1 Å². The number of rotatable bonds is 6. The summed E-state index contributed by atoms with van der Waals surface area (Å²) in [4.78, 5) is 13.9. The van der Waals surface area contributed by atoms with E-state index < -0.39 is 0 Å². The third-order valence-corrected chi connectivity index (χ3v) is 3.77. The summed E-state index contributed by atoms with van der Waals surface area (Å²) in [7, 11) is 1.68. The van der Waals surface area contributed by atoms with Crippen molar-refractivity contribution in [2.75, 3.05) is 26.7 Å². The Morgan fingerprint density at radius 3 is 3.10 bits per heavy atom. The normalized spacial score (nSPS) is 18.2. The van der Waals surface area contributed by atoms with Crippen LogP contribution in [0.25, 0.3) is 0 Å². The van der Waals surface area contributed by atoms with E-state index in [-0.39, 0.29) is 11.9 Å². The van der Waals surface area contributed by atoms with E-state index in [1.54, 1.807) is 13.1 Å². The van der Waals surface area contributed by atoms with Gasteiger partial charge in [0.15, 0.2) is 0 Å². The molecule has 21 heavy (non-hydrogen) atoms. The Bertz CT molecular complexity index is 524. The molecule has 1 unspecified atom stereocenters. The number of ether oxygens (including phenoxy) is 1. The molecule has 1 heterocycles. The Kier molecular flexibility index (Phi) is 5.59. The number of nitrogens with zero attached hydrogens (tertiary/aromatic N) is 2. The first kappa shape index (κ1) is 15.3. The largest absolute Gasteiger partial charge is 0.492 e. The van der Waals surface area contributed by atoms with Crippen molar-refractivity contribution < 1.29 is 9.53 Å². The van der Waals surface area contributed by atoms with Crippen molar-refractivity contribution in [3.63, 3.8) is 0 Å². The molecule has 5 nitrogen and oxygen atoms in total. The molecule has 0 spiro atoms. The van der Waals surface area contributed by atoms with E-state index in [0.717, 1.165) is 32.4 Å². The summed E-state index contributed by atoms with van der Waals surface area (Å²) in [6.45, 7) is 2.36. The third-order valence-electron chi connectivity index (χ3n) is 3.77. The Labute approximate surface area is 125 Å². The molecule has 1 N–H and O–H groups in total. The van der Waals surface area contributed by atoms with Gasteiger partial charge < -0.3 is 10.1 Å². The number of benzene rings is 1.